The van der Waals surface area contributed by atoms with Gasteiger partial charge in [0.25, 0.3) is 0 Å². The molecule has 9 heteroatoms. The van der Waals surface area contributed by atoms with E-state index in [-0.39, 0.29) is 42.0 Å². The van der Waals surface area contributed by atoms with Crippen LogP contribution < -0.4 is 15.4 Å². The van der Waals surface area contributed by atoms with Crippen LogP contribution in [0.4, 0.5) is 10.5 Å². The van der Waals surface area contributed by atoms with Gasteiger partial charge in [0.2, 0.25) is 5.91 Å². The third-order valence-electron chi connectivity index (χ3n) is 8.22. The summed E-state index contributed by atoms with van der Waals surface area (Å²) in [4.78, 5) is 39.0. The molecule has 0 bridgehead atoms. The van der Waals surface area contributed by atoms with Crippen LogP contribution in [0.15, 0.2) is 12.1 Å². The molecule has 0 aromatic heterocycles. The maximum Gasteiger partial charge on any atom is 0.408 e. The number of benzene rings is 1. The maximum absolute atomic E-state index is 13.6. The molecule has 42 heavy (non-hydrogen) atoms. The predicted molar refractivity (Wildman–Crippen MR) is 163 cm³/mol. The van der Waals surface area contributed by atoms with Crippen molar-refractivity contribution in [3.05, 3.63) is 23.3 Å². The first-order valence-electron chi connectivity index (χ1n) is 15.5. The van der Waals surface area contributed by atoms with Crippen LogP contribution in [0.2, 0.25) is 0 Å². The van der Waals surface area contributed by atoms with Gasteiger partial charge in [-0.1, -0.05) is 33.8 Å². The molecule has 1 aliphatic carbocycles. The highest BCUT2D eigenvalue weighted by atomic mass is 16.6. The summed E-state index contributed by atoms with van der Waals surface area (Å²) in [5, 5.41) is 6.17. The first kappa shape index (κ1) is 33.7. The van der Waals surface area contributed by atoms with Crippen LogP contribution in [0, 0.1) is 23.7 Å². The molecule has 0 saturated carbocycles. The fraction of sp³-hybridized carbons (Fsp3) is 0.727. The molecule has 1 heterocycles. The summed E-state index contributed by atoms with van der Waals surface area (Å²) in [6, 6.07) is 3.57. The zero-order valence-electron chi connectivity index (χ0n) is 26.8. The number of carbonyl (C=O) groups is 3. The number of hydrogen-bond acceptors (Lipinski definition) is 7. The number of methoxy groups -OCH3 is 1. The molecule has 1 aliphatic heterocycles. The Morgan fingerprint density at radius 1 is 1.10 bits per heavy atom. The summed E-state index contributed by atoms with van der Waals surface area (Å²) < 4.78 is 22.5. The Kier molecular flexibility index (Phi) is 12.1. The van der Waals surface area contributed by atoms with Gasteiger partial charge in [0.05, 0.1) is 24.3 Å². The topological polar surface area (TPSA) is 112 Å². The van der Waals surface area contributed by atoms with Gasteiger partial charge in [0.1, 0.15) is 17.5 Å². The monoisotopic (exact) mass is 588 g/mol. The lowest BCUT2D eigenvalue weighted by Gasteiger charge is -2.31. The Morgan fingerprint density at radius 3 is 2.45 bits per heavy atom. The first-order chi connectivity index (χ1) is 19.8. The Morgan fingerprint density at radius 2 is 1.83 bits per heavy atom. The highest BCUT2D eigenvalue weighted by molar-refractivity contribution is 5.94. The summed E-state index contributed by atoms with van der Waals surface area (Å²) in [5.41, 5.74) is 2.50. The van der Waals surface area contributed by atoms with Gasteiger partial charge in [-0.25, -0.2) is 4.79 Å². The van der Waals surface area contributed by atoms with Gasteiger partial charge in [-0.2, -0.15) is 0 Å². The summed E-state index contributed by atoms with van der Waals surface area (Å²) in [6.45, 7) is 14.7. The average Bonchev–Trinajstić information content (AvgIpc) is 3.52. The van der Waals surface area contributed by atoms with E-state index in [9.17, 15) is 14.4 Å². The third kappa shape index (κ3) is 9.61. The number of nitrogens with one attached hydrogen (secondary N) is 2. The van der Waals surface area contributed by atoms with Crippen LogP contribution >= 0.6 is 0 Å². The molecular formula is C33H52N2O7. The quantitative estimate of drug-likeness (QED) is 0.201. The van der Waals surface area contributed by atoms with Gasteiger partial charge >= 0.3 is 12.1 Å². The van der Waals surface area contributed by atoms with Crippen molar-refractivity contribution in [2.75, 3.05) is 25.6 Å². The SMILES string of the molecule is COCCCOc1ccc2c(c1NC(=O)C[C@@H](C[C@H](NC(=O)OC(C)(C)C)[C@H]1C[C@@H](C(C)C)C(=O)O1)C(C)C)CCC2. The number of carbonyl (C=O) groups excluding carboxylic acids is 3. The number of aryl methyl sites for hydroxylation is 1. The number of ether oxygens (including phenoxy) is 4. The molecule has 0 spiro atoms. The van der Waals surface area contributed by atoms with Crippen molar-refractivity contribution in [1.82, 2.24) is 5.32 Å². The number of rotatable bonds is 14. The van der Waals surface area contributed by atoms with E-state index < -0.39 is 23.8 Å². The van der Waals surface area contributed by atoms with Crippen molar-refractivity contribution in [1.29, 1.82) is 0 Å². The minimum Gasteiger partial charge on any atom is -0.491 e. The lowest BCUT2D eigenvalue weighted by Crippen LogP contribution is -2.47. The zero-order valence-corrected chi connectivity index (χ0v) is 26.8. The second kappa shape index (κ2) is 15.1. The molecule has 0 radical (unpaired) electrons. The van der Waals surface area contributed by atoms with E-state index in [0.29, 0.717) is 31.8 Å². The molecule has 0 unspecified atom stereocenters. The molecule has 9 nitrogen and oxygen atoms in total. The van der Waals surface area contributed by atoms with E-state index in [1.54, 1.807) is 7.11 Å². The molecule has 1 aromatic rings. The minimum atomic E-state index is -0.669. The first-order valence-corrected chi connectivity index (χ1v) is 15.5. The number of fused-ring (bicyclic) bond motifs is 1. The van der Waals surface area contributed by atoms with Crippen LogP contribution in [0.25, 0.3) is 0 Å². The number of esters is 1. The predicted octanol–water partition coefficient (Wildman–Crippen LogP) is 6.06. The molecule has 2 N–H and O–H groups in total. The molecule has 2 amide bonds. The highest BCUT2D eigenvalue weighted by Crippen LogP contribution is 2.38. The van der Waals surface area contributed by atoms with Gasteiger partial charge in [0.15, 0.2) is 0 Å². The van der Waals surface area contributed by atoms with Crippen LogP contribution in [0.5, 0.6) is 5.75 Å². The standard InChI is InChI=1S/C33H52N2O7/c1-20(2)23(17-26(34-32(38)42-33(5,6)7)28-19-25(21(3)4)31(37)41-28)18-29(36)35-30-24-12-9-11-22(24)13-14-27(30)40-16-10-15-39-8/h13-14,20-21,23,25-26,28H,9-12,15-19H2,1-8H3,(H,34,38)(H,35,36)/t23-,25+,26+,28-/m1/s1. The average molecular weight is 589 g/mol. The van der Waals surface area contributed by atoms with Crippen molar-refractivity contribution in [2.45, 2.75) is 111 Å². The molecule has 3 rings (SSSR count). The summed E-state index contributed by atoms with van der Waals surface area (Å²) in [7, 11) is 1.67. The van der Waals surface area contributed by atoms with Gasteiger partial charge in [0, 0.05) is 26.6 Å². The smallest absolute Gasteiger partial charge is 0.408 e. The summed E-state index contributed by atoms with van der Waals surface area (Å²) in [5.74, 6) is 0.322. The van der Waals surface area contributed by atoms with E-state index in [1.165, 1.54) is 5.56 Å². The van der Waals surface area contributed by atoms with Crippen LogP contribution in [0.1, 0.15) is 91.7 Å². The lowest BCUT2D eigenvalue weighted by atomic mass is 9.83. The van der Waals surface area contributed by atoms with E-state index in [0.717, 1.165) is 36.9 Å². The number of hydrogen-bond donors (Lipinski definition) is 2. The van der Waals surface area contributed by atoms with Crippen molar-refractivity contribution in [3.63, 3.8) is 0 Å². The van der Waals surface area contributed by atoms with Gasteiger partial charge < -0.3 is 29.6 Å². The lowest BCUT2D eigenvalue weighted by molar-refractivity contribution is -0.146. The van der Waals surface area contributed by atoms with Crippen LogP contribution in [0.3, 0.4) is 0 Å². The summed E-state index contributed by atoms with van der Waals surface area (Å²) in [6.07, 6.45) is 3.91. The van der Waals surface area contributed by atoms with E-state index in [4.69, 9.17) is 18.9 Å². The van der Waals surface area contributed by atoms with E-state index in [2.05, 4.69) is 30.5 Å². The molecular weight excluding hydrogens is 536 g/mol. The van der Waals surface area contributed by atoms with Crippen LogP contribution in [-0.2, 0) is 36.6 Å². The molecule has 2 aliphatic rings. The number of anilines is 1. The fourth-order valence-corrected chi connectivity index (χ4v) is 5.82. The normalized spacial score (nSPS) is 19.8. The summed E-state index contributed by atoms with van der Waals surface area (Å²) >= 11 is 0. The van der Waals surface area contributed by atoms with E-state index in [1.807, 2.05) is 40.7 Å². The van der Waals surface area contributed by atoms with Crippen molar-refractivity contribution >= 4 is 23.7 Å². The van der Waals surface area contributed by atoms with Crippen LogP contribution in [-0.4, -0.2) is 56.0 Å². The van der Waals surface area contributed by atoms with E-state index >= 15 is 0 Å². The highest BCUT2D eigenvalue weighted by Gasteiger charge is 2.42. The van der Waals surface area contributed by atoms with Gasteiger partial charge in [-0.15, -0.1) is 0 Å². The Balaban J connectivity index is 1.76. The second-order valence-electron chi connectivity index (χ2n) is 13.4. The molecule has 4 atom stereocenters. The minimum absolute atomic E-state index is 0.0791. The number of alkyl carbamates (subject to hydrolysis) is 1. The maximum atomic E-state index is 13.6. The van der Waals surface area contributed by atoms with Crippen molar-refractivity contribution in [2.24, 2.45) is 23.7 Å². The molecule has 1 saturated heterocycles. The zero-order chi connectivity index (χ0) is 31.0. The Hall–Kier alpha value is -2.81. The number of amides is 2. The van der Waals surface area contributed by atoms with Crippen molar-refractivity contribution < 1.29 is 33.3 Å². The Labute approximate surface area is 251 Å². The molecule has 1 aromatic carbocycles. The molecule has 236 valence electrons. The largest absolute Gasteiger partial charge is 0.491 e. The number of cyclic esters (lactones) is 1. The Bertz CT molecular complexity index is 1080. The molecule has 1 fully saturated rings. The second-order valence-corrected chi connectivity index (χ2v) is 13.4. The fourth-order valence-electron chi connectivity index (χ4n) is 5.82. The van der Waals surface area contributed by atoms with Gasteiger partial charge in [-0.3, -0.25) is 9.59 Å². The van der Waals surface area contributed by atoms with Crippen molar-refractivity contribution in [3.8, 4) is 5.75 Å². The van der Waals surface area contributed by atoms with Gasteiger partial charge in [-0.05, 0) is 87.8 Å². The third-order valence-corrected chi connectivity index (χ3v) is 8.22.